The molecule has 0 spiro atoms. The Morgan fingerprint density at radius 3 is 2.61 bits per heavy atom. The van der Waals surface area contributed by atoms with E-state index < -0.39 is 41.0 Å². The molecule has 4 atom stereocenters. The smallest absolute Gasteiger partial charge is 0.321 e. The predicted molar refractivity (Wildman–Crippen MR) is 119 cm³/mol. The number of ether oxygens (including phenoxy) is 1. The number of aliphatic carboxylic acids is 1. The zero-order chi connectivity index (χ0) is 23.8. The number of carboxylic acid groups (broad SMARTS) is 1. The zero-order valence-electron chi connectivity index (χ0n) is 17.5. The van der Waals surface area contributed by atoms with Crippen LogP contribution in [0.4, 0.5) is 8.78 Å². The largest absolute Gasteiger partial charge is 0.480 e. The second-order valence-corrected chi connectivity index (χ2v) is 9.40. The molecule has 9 heteroatoms. The number of hydrogen-bond acceptors (Lipinski definition) is 4. The maximum Gasteiger partial charge on any atom is 0.321 e. The first-order valence-corrected chi connectivity index (χ1v) is 11.4. The van der Waals surface area contributed by atoms with Gasteiger partial charge in [0.25, 0.3) is 0 Å². The normalized spacial score (nSPS) is 27.9. The molecule has 0 radical (unpaired) electrons. The molecule has 2 aliphatic rings. The fourth-order valence-corrected chi connectivity index (χ4v) is 5.62. The molecule has 2 heterocycles. The third-order valence-corrected chi connectivity index (χ3v) is 7.34. The Kier molecular flexibility index (Phi) is 6.92. The Bertz CT molecular complexity index is 1100. The van der Waals surface area contributed by atoms with Gasteiger partial charge >= 0.3 is 5.97 Å². The summed E-state index contributed by atoms with van der Waals surface area (Å²) in [7, 11) is 0. The van der Waals surface area contributed by atoms with Gasteiger partial charge in [0.15, 0.2) is 0 Å². The number of halogens is 4. The quantitative estimate of drug-likeness (QED) is 0.606. The van der Waals surface area contributed by atoms with Crippen molar-refractivity contribution in [2.75, 3.05) is 13.2 Å². The summed E-state index contributed by atoms with van der Waals surface area (Å²) in [5, 5.41) is 23.6. The van der Waals surface area contributed by atoms with Gasteiger partial charge in [-0.3, -0.25) is 10.1 Å². The average Bonchev–Trinajstić information content (AvgIpc) is 3.11. The van der Waals surface area contributed by atoms with E-state index in [1.807, 2.05) is 0 Å². The van der Waals surface area contributed by atoms with Gasteiger partial charge in [0.1, 0.15) is 23.1 Å². The van der Waals surface area contributed by atoms with Gasteiger partial charge in [-0.25, -0.2) is 8.78 Å². The standard InChI is InChI=1S/C24H22Cl2F2N2O3/c25-14-4-5-16(18(27)11-14)24(12-29)19(10-13-6-8-33-9-7-13)30-22(23(31)32)20(24)15-2-1-3-17(26)21(15)28/h1-5,11,13,19-20,22,30H,6-10H2,(H,31,32)/t19-,20-,22+,24-/m0/s1. The molecule has 174 valence electrons. The molecule has 0 aliphatic carbocycles. The number of benzene rings is 2. The number of nitriles is 1. The highest BCUT2D eigenvalue weighted by molar-refractivity contribution is 6.31. The van der Waals surface area contributed by atoms with Crippen molar-refractivity contribution >= 4 is 29.2 Å². The van der Waals surface area contributed by atoms with Gasteiger partial charge in [0.05, 0.1) is 11.1 Å². The van der Waals surface area contributed by atoms with Gasteiger partial charge in [-0.1, -0.05) is 41.4 Å². The lowest BCUT2D eigenvalue weighted by Crippen LogP contribution is -2.44. The number of rotatable bonds is 5. The van der Waals surface area contributed by atoms with Crippen LogP contribution in [-0.4, -0.2) is 36.4 Å². The van der Waals surface area contributed by atoms with Crippen LogP contribution in [0.1, 0.15) is 36.3 Å². The molecule has 0 amide bonds. The second kappa shape index (κ2) is 9.55. The molecule has 2 N–H and O–H groups in total. The molecule has 5 nitrogen and oxygen atoms in total. The van der Waals surface area contributed by atoms with Gasteiger partial charge in [0, 0.05) is 35.8 Å². The first kappa shape index (κ1) is 23.9. The van der Waals surface area contributed by atoms with E-state index in [4.69, 9.17) is 27.9 Å². The van der Waals surface area contributed by atoms with Crippen molar-refractivity contribution in [3.8, 4) is 6.07 Å². The Morgan fingerprint density at radius 1 is 1.24 bits per heavy atom. The highest BCUT2D eigenvalue weighted by atomic mass is 35.5. The Balaban J connectivity index is 1.94. The first-order valence-electron chi connectivity index (χ1n) is 10.7. The minimum atomic E-state index is -1.72. The molecule has 33 heavy (non-hydrogen) atoms. The van der Waals surface area contributed by atoms with Crippen molar-refractivity contribution in [2.24, 2.45) is 5.92 Å². The van der Waals surface area contributed by atoms with Crippen molar-refractivity contribution in [1.29, 1.82) is 5.26 Å². The maximum absolute atomic E-state index is 15.3. The van der Waals surface area contributed by atoms with Crippen molar-refractivity contribution in [3.05, 3.63) is 69.2 Å². The molecule has 0 saturated carbocycles. The van der Waals surface area contributed by atoms with Crippen LogP contribution in [-0.2, 0) is 14.9 Å². The predicted octanol–water partition coefficient (Wildman–Crippen LogP) is 5.06. The lowest BCUT2D eigenvalue weighted by Gasteiger charge is -2.37. The van der Waals surface area contributed by atoms with Crippen LogP contribution in [0, 0.1) is 28.9 Å². The molecule has 2 saturated heterocycles. The number of carbonyl (C=O) groups is 1. The average molecular weight is 495 g/mol. The van der Waals surface area contributed by atoms with E-state index >= 15 is 8.78 Å². The summed E-state index contributed by atoms with van der Waals surface area (Å²) in [5.74, 6) is -3.93. The zero-order valence-corrected chi connectivity index (χ0v) is 19.0. The Hall–Kier alpha value is -2.24. The van der Waals surface area contributed by atoms with Crippen LogP contribution in [0.15, 0.2) is 36.4 Å². The van der Waals surface area contributed by atoms with Crippen LogP contribution in [0.25, 0.3) is 0 Å². The van der Waals surface area contributed by atoms with Gasteiger partial charge in [-0.15, -0.1) is 0 Å². The second-order valence-electron chi connectivity index (χ2n) is 8.55. The summed E-state index contributed by atoms with van der Waals surface area (Å²) in [5.41, 5.74) is -1.79. The monoisotopic (exact) mass is 494 g/mol. The molecule has 4 rings (SSSR count). The molecule has 0 aromatic heterocycles. The fraction of sp³-hybridized carbons (Fsp3) is 0.417. The highest BCUT2D eigenvalue weighted by Gasteiger charge is 2.61. The number of nitrogens with zero attached hydrogens (tertiary/aromatic N) is 1. The van der Waals surface area contributed by atoms with E-state index in [1.54, 1.807) is 0 Å². The summed E-state index contributed by atoms with van der Waals surface area (Å²) >= 11 is 12.0. The first-order chi connectivity index (χ1) is 15.8. The van der Waals surface area contributed by atoms with E-state index in [9.17, 15) is 15.2 Å². The van der Waals surface area contributed by atoms with Gasteiger partial charge < -0.3 is 9.84 Å². The van der Waals surface area contributed by atoms with Crippen LogP contribution < -0.4 is 5.32 Å². The topological polar surface area (TPSA) is 82.3 Å². The van der Waals surface area contributed by atoms with Crippen LogP contribution >= 0.6 is 23.2 Å². The van der Waals surface area contributed by atoms with E-state index in [1.165, 1.54) is 30.3 Å². The van der Waals surface area contributed by atoms with Crippen molar-refractivity contribution in [3.63, 3.8) is 0 Å². The summed E-state index contributed by atoms with van der Waals surface area (Å²) in [6, 6.07) is 8.29. The van der Waals surface area contributed by atoms with Crippen LogP contribution in [0.3, 0.4) is 0 Å². The van der Waals surface area contributed by atoms with Crippen LogP contribution in [0.2, 0.25) is 10.0 Å². The lowest BCUT2D eigenvalue weighted by molar-refractivity contribution is -0.139. The lowest BCUT2D eigenvalue weighted by atomic mass is 9.63. The van der Waals surface area contributed by atoms with Crippen LogP contribution in [0.5, 0.6) is 0 Å². The van der Waals surface area contributed by atoms with Crippen molar-refractivity contribution in [2.45, 2.75) is 42.7 Å². The molecule has 0 bridgehead atoms. The number of nitrogens with one attached hydrogen (secondary N) is 1. The fourth-order valence-electron chi connectivity index (χ4n) is 5.28. The van der Waals surface area contributed by atoms with Gasteiger partial charge in [-0.05, 0) is 48.9 Å². The molecular weight excluding hydrogens is 473 g/mol. The van der Waals surface area contributed by atoms with E-state index in [2.05, 4.69) is 11.4 Å². The maximum atomic E-state index is 15.3. The summed E-state index contributed by atoms with van der Waals surface area (Å²) < 4.78 is 36.0. The minimum Gasteiger partial charge on any atom is -0.480 e. The van der Waals surface area contributed by atoms with Crippen molar-refractivity contribution < 1.29 is 23.4 Å². The summed E-state index contributed by atoms with van der Waals surface area (Å²) in [6.07, 6.45) is 1.87. The minimum absolute atomic E-state index is 0.0212. The SMILES string of the molecule is N#C[C@]1(c2ccc(Cl)cc2F)[C@H](CC2CCOCC2)N[C@@H](C(=O)O)[C@@H]1c1cccc(Cl)c1F. The van der Waals surface area contributed by atoms with E-state index in [-0.39, 0.29) is 27.1 Å². The molecule has 0 unspecified atom stereocenters. The van der Waals surface area contributed by atoms with E-state index in [0.29, 0.717) is 19.6 Å². The van der Waals surface area contributed by atoms with Gasteiger partial charge in [0.2, 0.25) is 0 Å². The molecular formula is C24H22Cl2F2N2O3. The Morgan fingerprint density at radius 2 is 1.97 bits per heavy atom. The molecule has 2 fully saturated rings. The molecule has 2 aromatic rings. The third kappa shape index (κ3) is 4.22. The Labute approximate surface area is 200 Å². The summed E-state index contributed by atoms with van der Waals surface area (Å²) in [4.78, 5) is 12.3. The number of carboxylic acids is 1. The third-order valence-electron chi connectivity index (χ3n) is 6.81. The molecule has 2 aromatic carbocycles. The van der Waals surface area contributed by atoms with Gasteiger partial charge in [-0.2, -0.15) is 5.26 Å². The summed E-state index contributed by atoms with van der Waals surface area (Å²) in [6.45, 7) is 1.11. The number of hydrogen-bond donors (Lipinski definition) is 2. The van der Waals surface area contributed by atoms with E-state index in [0.717, 1.165) is 18.9 Å². The highest BCUT2D eigenvalue weighted by Crippen LogP contribution is 2.52. The van der Waals surface area contributed by atoms with Crippen molar-refractivity contribution in [1.82, 2.24) is 5.32 Å². The molecule has 2 aliphatic heterocycles.